The highest BCUT2D eigenvalue weighted by molar-refractivity contribution is 9.10. The molecule has 442 valence electrons. The molecule has 6 rings (SSSR count). The minimum atomic E-state index is -0.240. The van der Waals surface area contributed by atoms with Gasteiger partial charge in [-0.1, -0.05) is 36.5 Å². The summed E-state index contributed by atoms with van der Waals surface area (Å²) in [6.07, 6.45) is 15.3. The molecule has 0 aliphatic rings. The van der Waals surface area contributed by atoms with Gasteiger partial charge in [0.1, 0.15) is 0 Å². The zero-order valence-corrected chi connectivity index (χ0v) is 51.2. The van der Waals surface area contributed by atoms with E-state index in [0.29, 0.717) is 120 Å². The van der Waals surface area contributed by atoms with E-state index in [1.54, 1.807) is 101 Å². The molecule has 0 fully saturated rings. The number of hydrogen-bond acceptors (Lipinski definition) is 18. The second-order valence-corrected chi connectivity index (χ2v) is 18.1. The lowest BCUT2D eigenvalue weighted by Gasteiger charge is -2.15. The van der Waals surface area contributed by atoms with Gasteiger partial charge in [0.25, 0.3) is 0 Å². The summed E-state index contributed by atoms with van der Waals surface area (Å²) in [5.41, 5.74) is 6.02. The predicted molar refractivity (Wildman–Crippen MR) is 323 cm³/mol. The van der Waals surface area contributed by atoms with E-state index in [9.17, 15) is 9.59 Å². The minimum absolute atomic E-state index is 0.209. The molecule has 0 unspecified atom stereocenters. The van der Waals surface area contributed by atoms with Gasteiger partial charge in [-0.3, -0.25) is 9.59 Å². The van der Waals surface area contributed by atoms with Crippen LogP contribution in [0.4, 0.5) is 0 Å². The van der Waals surface area contributed by atoms with Crippen LogP contribution in [0.25, 0.3) is 24.3 Å². The Morgan fingerprint density at radius 3 is 0.952 bits per heavy atom. The molecule has 0 heterocycles. The summed E-state index contributed by atoms with van der Waals surface area (Å²) >= 11 is 3.47. The van der Waals surface area contributed by atoms with Crippen molar-refractivity contribution < 1.29 is 85.4 Å². The first-order valence-corrected chi connectivity index (χ1v) is 26.1. The summed E-state index contributed by atoms with van der Waals surface area (Å²) in [6, 6.07) is 19.8. The third-order valence-electron chi connectivity index (χ3n) is 12.8. The highest BCUT2D eigenvalue weighted by Gasteiger charge is 2.23. The quantitative estimate of drug-likeness (QED) is 0.0257. The molecule has 0 radical (unpaired) electrons. The number of rotatable bonds is 28. The maximum Gasteiger partial charge on any atom is 0.204 e. The van der Waals surface area contributed by atoms with Crippen LogP contribution in [0, 0.1) is 0 Å². The first-order valence-electron chi connectivity index (χ1n) is 25.3. The number of halogens is 1. The van der Waals surface area contributed by atoms with E-state index < -0.39 is 0 Å². The van der Waals surface area contributed by atoms with E-state index in [4.69, 9.17) is 75.8 Å². The highest BCUT2D eigenvalue weighted by atomic mass is 79.9. The monoisotopic (exact) mass is 1210 g/mol. The molecular weight excluding hydrogens is 1140 g/mol. The fourth-order valence-corrected chi connectivity index (χ4v) is 9.25. The van der Waals surface area contributed by atoms with Gasteiger partial charge in [-0.15, -0.1) is 0 Å². The first-order chi connectivity index (χ1) is 40.2. The Labute approximate surface area is 493 Å². The average Bonchev–Trinajstić information content (AvgIpc) is 3.72. The molecule has 18 nitrogen and oxygen atoms in total. The number of hydrogen-bond donors (Lipinski definition) is 0. The third-order valence-corrected chi connectivity index (χ3v) is 13.6. The van der Waals surface area contributed by atoms with Crippen molar-refractivity contribution in [3.8, 4) is 92.0 Å². The molecule has 0 bridgehead atoms. The predicted octanol–water partition coefficient (Wildman–Crippen LogP) is 12.6. The van der Waals surface area contributed by atoms with Crippen LogP contribution in [0.15, 0.2) is 95.5 Å². The largest absolute Gasteiger partial charge is 0.493 e. The SMILES string of the molecule is COc1cc(/C=C\c2cc(OC)c(OC)c(OC)c2)c(C/C=C\C(=O)c2cc(OC)c(OC)c(OC)c2)cc1OC.COc1cc(/C=C\c2cc(OC)c(OC)c(OC)c2)c(C/C=C\C(=O)c2cc(OC)c(OC)c(OC)c2Br)cc1OC. The van der Waals surface area contributed by atoms with Crippen molar-refractivity contribution in [2.24, 2.45) is 0 Å². The first kappa shape index (κ1) is 64.7. The minimum Gasteiger partial charge on any atom is -0.493 e. The van der Waals surface area contributed by atoms with Crippen LogP contribution >= 0.6 is 15.9 Å². The molecule has 0 aliphatic heterocycles. The van der Waals surface area contributed by atoms with Gasteiger partial charge in [-0.25, -0.2) is 0 Å². The number of ether oxygens (including phenoxy) is 16. The van der Waals surface area contributed by atoms with Gasteiger partial charge in [0, 0.05) is 11.1 Å². The van der Waals surface area contributed by atoms with E-state index in [-0.39, 0.29) is 11.6 Å². The molecule has 19 heteroatoms. The molecule has 0 spiro atoms. The van der Waals surface area contributed by atoms with Gasteiger partial charge in [0.05, 0.1) is 118 Å². The summed E-state index contributed by atoms with van der Waals surface area (Å²) in [5, 5.41) is 0. The molecule has 0 N–H and O–H groups in total. The molecule has 6 aromatic carbocycles. The number of methoxy groups -OCH3 is 16. The smallest absolute Gasteiger partial charge is 0.204 e. The molecule has 6 aromatic rings. The van der Waals surface area contributed by atoms with E-state index in [2.05, 4.69) is 15.9 Å². The summed E-state index contributed by atoms with van der Waals surface area (Å²) < 4.78 is 87.7. The van der Waals surface area contributed by atoms with Crippen LogP contribution in [-0.2, 0) is 12.8 Å². The van der Waals surface area contributed by atoms with Crippen molar-refractivity contribution in [3.05, 3.63) is 140 Å². The third kappa shape index (κ3) is 15.7. The maximum absolute atomic E-state index is 13.2. The number of allylic oxidation sites excluding steroid dienone is 4. The Bertz CT molecular complexity index is 3270. The number of carbonyl (C=O) groups is 2. The molecule has 0 saturated heterocycles. The average molecular weight is 1210 g/mol. The Kier molecular flexibility index (Phi) is 24.8. The van der Waals surface area contributed by atoms with E-state index in [0.717, 1.165) is 33.4 Å². The highest BCUT2D eigenvalue weighted by Crippen LogP contribution is 2.46. The molecule has 0 aromatic heterocycles. The number of benzene rings is 6. The van der Waals surface area contributed by atoms with Gasteiger partial charge >= 0.3 is 0 Å². The fraction of sp³-hybridized carbons (Fsp3) is 0.281. The molecule has 0 aliphatic carbocycles. The van der Waals surface area contributed by atoms with Crippen LogP contribution < -0.4 is 75.8 Å². The van der Waals surface area contributed by atoms with Crippen LogP contribution in [0.5, 0.6) is 92.0 Å². The van der Waals surface area contributed by atoms with Crippen LogP contribution in [0.3, 0.4) is 0 Å². The van der Waals surface area contributed by atoms with Crippen molar-refractivity contribution in [1.82, 2.24) is 0 Å². The second-order valence-electron chi connectivity index (χ2n) is 17.3. The van der Waals surface area contributed by atoms with Crippen molar-refractivity contribution in [3.63, 3.8) is 0 Å². The molecule has 0 saturated carbocycles. The summed E-state index contributed by atoms with van der Waals surface area (Å²) in [5.74, 6) is 7.45. The molecular formula is C64H71BrO18. The normalized spacial score (nSPS) is 11.0. The number of carbonyl (C=O) groups excluding carboxylic acids is 2. The zero-order valence-electron chi connectivity index (χ0n) is 49.6. The molecule has 83 heavy (non-hydrogen) atoms. The lowest BCUT2D eigenvalue weighted by atomic mass is 10.0. The van der Waals surface area contributed by atoms with Crippen molar-refractivity contribution in [2.75, 3.05) is 114 Å². The number of ketones is 2. The molecule has 0 amide bonds. The zero-order chi connectivity index (χ0) is 60.8. The van der Waals surface area contributed by atoms with Gasteiger partial charge in [0.2, 0.25) is 23.0 Å². The fourth-order valence-electron chi connectivity index (χ4n) is 8.60. The second kappa shape index (κ2) is 31.8. The molecule has 0 atom stereocenters. The van der Waals surface area contributed by atoms with Crippen molar-refractivity contribution in [2.45, 2.75) is 12.8 Å². The summed E-state index contributed by atoms with van der Waals surface area (Å²) in [6.45, 7) is 0. The van der Waals surface area contributed by atoms with E-state index >= 15 is 0 Å². The summed E-state index contributed by atoms with van der Waals surface area (Å²) in [7, 11) is 24.8. The van der Waals surface area contributed by atoms with E-state index in [1.807, 2.05) is 72.8 Å². The Morgan fingerprint density at radius 2 is 0.627 bits per heavy atom. The lowest BCUT2D eigenvalue weighted by Crippen LogP contribution is -2.03. The van der Waals surface area contributed by atoms with Crippen LogP contribution in [0.1, 0.15) is 54.1 Å². The Morgan fingerprint density at radius 1 is 0.325 bits per heavy atom. The standard InChI is InChI=1S/C32H35BrO9.C32H36O9/c1-35-24-16-20(10-9-11-23(34)22-18-28(39-5)31(41-7)32(42-8)29(22)33)21(17-25(24)36-2)13-12-19-14-26(37-3)30(40-6)27(15-19)38-4;1-34-25-16-21(10-9-11-24(33)23-18-29(38-5)32(41-8)30(19-23)39-6)22(17-26(25)35-2)13-12-20-14-27(36-3)31(40-7)28(15-20)37-4/h9,11-18H,10H2,1-8H3;9,11-19H,10H2,1-8H3/b2*11-9-,13-12-. The lowest BCUT2D eigenvalue weighted by molar-refractivity contribution is 0.103. The van der Waals surface area contributed by atoms with E-state index in [1.165, 1.54) is 54.8 Å². The van der Waals surface area contributed by atoms with Crippen LogP contribution in [0.2, 0.25) is 0 Å². The van der Waals surface area contributed by atoms with Gasteiger partial charge in [-0.05, 0) is 141 Å². The maximum atomic E-state index is 13.2. The van der Waals surface area contributed by atoms with Gasteiger partial charge < -0.3 is 75.8 Å². The van der Waals surface area contributed by atoms with Crippen LogP contribution in [-0.4, -0.2) is 125 Å². The summed E-state index contributed by atoms with van der Waals surface area (Å²) in [4.78, 5) is 26.3. The Balaban J connectivity index is 0.000000304. The van der Waals surface area contributed by atoms with Crippen molar-refractivity contribution in [1.29, 1.82) is 0 Å². The van der Waals surface area contributed by atoms with Gasteiger partial charge in [-0.2, -0.15) is 0 Å². The Hall–Kier alpha value is -9.10. The van der Waals surface area contributed by atoms with Gasteiger partial charge in [0.15, 0.2) is 80.6 Å². The topological polar surface area (TPSA) is 182 Å². The van der Waals surface area contributed by atoms with Crippen molar-refractivity contribution >= 4 is 51.8 Å².